The fourth-order valence-electron chi connectivity index (χ4n) is 2.06. The molecule has 0 atom stereocenters. The first-order chi connectivity index (χ1) is 8.68. The molecule has 0 spiro atoms. The van der Waals surface area contributed by atoms with Gasteiger partial charge in [-0.2, -0.15) is 0 Å². The highest BCUT2D eigenvalue weighted by Gasteiger charge is 2.26. The SMILES string of the molecule is CC.Nc1cc2c(cc1Br)-c1ccccc1C2=O. The molecular weight excluding hydrogens is 290 g/mol. The number of nitrogens with two attached hydrogens (primary N) is 1. The molecule has 2 aromatic rings. The minimum absolute atomic E-state index is 0.0600. The monoisotopic (exact) mass is 303 g/mol. The quantitative estimate of drug-likeness (QED) is 0.630. The van der Waals surface area contributed by atoms with Gasteiger partial charge in [-0.15, -0.1) is 0 Å². The standard InChI is InChI=1S/C13H8BrNO.C2H6/c14-11-5-9-7-3-1-2-4-8(7)13(16)10(9)6-12(11)15;1-2/h1-6H,15H2;1-2H3. The van der Waals surface area contributed by atoms with E-state index in [0.29, 0.717) is 11.3 Å². The molecule has 0 fully saturated rings. The summed E-state index contributed by atoms with van der Waals surface area (Å²) in [4.78, 5) is 12.1. The zero-order valence-corrected chi connectivity index (χ0v) is 11.9. The Morgan fingerprint density at radius 2 is 1.56 bits per heavy atom. The molecule has 0 bridgehead atoms. The smallest absolute Gasteiger partial charge is 0.194 e. The maximum Gasteiger partial charge on any atom is 0.194 e. The first-order valence-corrected chi connectivity index (χ1v) is 6.71. The van der Waals surface area contributed by atoms with E-state index in [1.54, 1.807) is 6.07 Å². The van der Waals surface area contributed by atoms with Crippen molar-refractivity contribution in [3.8, 4) is 11.1 Å². The lowest BCUT2D eigenvalue weighted by Crippen LogP contribution is -1.96. The van der Waals surface area contributed by atoms with E-state index in [0.717, 1.165) is 21.2 Å². The lowest BCUT2D eigenvalue weighted by molar-refractivity contribution is 0.104. The summed E-state index contributed by atoms with van der Waals surface area (Å²) in [6.07, 6.45) is 0. The van der Waals surface area contributed by atoms with Gasteiger partial charge in [-0.25, -0.2) is 0 Å². The first kappa shape index (κ1) is 12.8. The van der Waals surface area contributed by atoms with Crippen molar-refractivity contribution in [2.45, 2.75) is 13.8 Å². The van der Waals surface area contributed by atoms with Crippen LogP contribution in [-0.2, 0) is 0 Å². The molecule has 3 rings (SSSR count). The largest absolute Gasteiger partial charge is 0.398 e. The van der Waals surface area contributed by atoms with Gasteiger partial charge in [-0.05, 0) is 39.2 Å². The molecular formula is C15H14BrNO. The fraction of sp³-hybridized carbons (Fsp3) is 0.133. The number of halogens is 1. The molecule has 92 valence electrons. The van der Waals surface area contributed by atoms with Gasteiger partial charge in [0.15, 0.2) is 5.78 Å². The highest BCUT2D eigenvalue weighted by Crippen LogP contribution is 2.39. The molecule has 2 nitrogen and oxygen atoms in total. The fourth-order valence-corrected chi connectivity index (χ4v) is 2.41. The van der Waals surface area contributed by atoms with Crippen LogP contribution >= 0.6 is 15.9 Å². The summed E-state index contributed by atoms with van der Waals surface area (Å²) in [7, 11) is 0. The second kappa shape index (κ2) is 4.94. The van der Waals surface area contributed by atoms with Crippen molar-refractivity contribution in [3.63, 3.8) is 0 Å². The van der Waals surface area contributed by atoms with Crippen LogP contribution < -0.4 is 5.73 Å². The van der Waals surface area contributed by atoms with Crippen molar-refractivity contribution in [2.75, 3.05) is 5.73 Å². The van der Waals surface area contributed by atoms with Crippen molar-refractivity contribution < 1.29 is 4.79 Å². The highest BCUT2D eigenvalue weighted by molar-refractivity contribution is 9.10. The normalized spacial score (nSPS) is 11.4. The summed E-state index contributed by atoms with van der Waals surface area (Å²) in [6, 6.07) is 11.3. The third-order valence-electron chi connectivity index (χ3n) is 2.84. The van der Waals surface area contributed by atoms with Gasteiger partial charge < -0.3 is 5.73 Å². The van der Waals surface area contributed by atoms with Gasteiger partial charge in [-0.3, -0.25) is 4.79 Å². The molecule has 1 aliphatic rings. The Balaban J connectivity index is 0.000000574. The number of ketones is 1. The number of hydrogen-bond donors (Lipinski definition) is 1. The molecule has 18 heavy (non-hydrogen) atoms. The summed E-state index contributed by atoms with van der Waals surface area (Å²) in [5, 5.41) is 0. The molecule has 0 saturated carbocycles. The maximum atomic E-state index is 12.1. The predicted molar refractivity (Wildman–Crippen MR) is 78.8 cm³/mol. The molecule has 3 heteroatoms. The van der Waals surface area contributed by atoms with Crippen LogP contribution in [-0.4, -0.2) is 5.78 Å². The molecule has 0 aliphatic heterocycles. The first-order valence-electron chi connectivity index (χ1n) is 5.91. The van der Waals surface area contributed by atoms with Crippen LogP contribution in [0.4, 0.5) is 5.69 Å². The third-order valence-corrected chi connectivity index (χ3v) is 3.53. The maximum absolute atomic E-state index is 12.1. The summed E-state index contributed by atoms with van der Waals surface area (Å²) in [5.74, 6) is 0.0600. The van der Waals surface area contributed by atoms with Gasteiger partial charge in [0.2, 0.25) is 0 Å². The van der Waals surface area contributed by atoms with E-state index in [1.807, 2.05) is 44.2 Å². The predicted octanol–water partition coefficient (Wildman–Crippen LogP) is 4.27. The number of hydrogen-bond acceptors (Lipinski definition) is 2. The van der Waals surface area contributed by atoms with E-state index in [1.165, 1.54) is 0 Å². The summed E-state index contributed by atoms with van der Waals surface area (Å²) < 4.78 is 0.829. The second-order valence-electron chi connectivity index (χ2n) is 3.79. The van der Waals surface area contributed by atoms with Crippen molar-refractivity contribution in [2.24, 2.45) is 0 Å². The summed E-state index contributed by atoms with van der Waals surface area (Å²) in [6.45, 7) is 4.00. The Bertz CT molecular complexity index is 620. The van der Waals surface area contributed by atoms with E-state index in [4.69, 9.17) is 5.73 Å². The van der Waals surface area contributed by atoms with Crippen LogP contribution in [0.1, 0.15) is 29.8 Å². The molecule has 0 heterocycles. The van der Waals surface area contributed by atoms with Crippen molar-refractivity contribution in [1.29, 1.82) is 0 Å². The molecule has 0 saturated heterocycles. The zero-order valence-electron chi connectivity index (χ0n) is 10.3. The zero-order chi connectivity index (χ0) is 13.3. The average Bonchev–Trinajstić information content (AvgIpc) is 2.67. The van der Waals surface area contributed by atoms with E-state index >= 15 is 0 Å². The minimum atomic E-state index is 0.0600. The van der Waals surface area contributed by atoms with Crippen molar-refractivity contribution in [3.05, 3.63) is 52.0 Å². The summed E-state index contributed by atoms with van der Waals surface area (Å²) in [5.41, 5.74) is 9.79. The number of anilines is 1. The second-order valence-corrected chi connectivity index (χ2v) is 4.65. The van der Waals surface area contributed by atoms with Crippen molar-refractivity contribution >= 4 is 27.4 Å². The van der Waals surface area contributed by atoms with Gasteiger partial charge in [0, 0.05) is 21.3 Å². The van der Waals surface area contributed by atoms with E-state index in [2.05, 4.69) is 15.9 Å². The van der Waals surface area contributed by atoms with Crippen LogP contribution in [0.5, 0.6) is 0 Å². The number of rotatable bonds is 0. The summed E-state index contributed by atoms with van der Waals surface area (Å²) >= 11 is 3.38. The molecule has 0 radical (unpaired) electrons. The lowest BCUT2D eigenvalue weighted by atomic mass is 10.1. The van der Waals surface area contributed by atoms with Crippen LogP contribution in [0.15, 0.2) is 40.9 Å². The Morgan fingerprint density at radius 1 is 0.944 bits per heavy atom. The van der Waals surface area contributed by atoms with E-state index < -0.39 is 0 Å². The Kier molecular flexibility index (Phi) is 3.53. The lowest BCUT2D eigenvalue weighted by Gasteiger charge is -2.03. The van der Waals surface area contributed by atoms with E-state index in [9.17, 15) is 4.79 Å². The molecule has 0 amide bonds. The molecule has 1 aliphatic carbocycles. The highest BCUT2D eigenvalue weighted by atomic mass is 79.9. The molecule has 2 N–H and O–H groups in total. The Hall–Kier alpha value is -1.61. The molecule has 0 aromatic heterocycles. The van der Waals surface area contributed by atoms with E-state index in [-0.39, 0.29) is 5.78 Å². The minimum Gasteiger partial charge on any atom is -0.398 e. The third kappa shape index (κ3) is 1.85. The molecule has 0 unspecified atom stereocenters. The van der Waals surface area contributed by atoms with Gasteiger partial charge in [0.05, 0.1) is 0 Å². The average molecular weight is 304 g/mol. The van der Waals surface area contributed by atoms with Crippen LogP contribution in [0.25, 0.3) is 11.1 Å². The van der Waals surface area contributed by atoms with Gasteiger partial charge in [-0.1, -0.05) is 38.1 Å². The number of nitrogen functional groups attached to an aromatic ring is 1. The van der Waals surface area contributed by atoms with Crippen LogP contribution in [0, 0.1) is 0 Å². The van der Waals surface area contributed by atoms with Gasteiger partial charge >= 0.3 is 0 Å². The van der Waals surface area contributed by atoms with Gasteiger partial charge in [0.1, 0.15) is 0 Å². The van der Waals surface area contributed by atoms with Crippen LogP contribution in [0.2, 0.25) is 0 Å². The van der Waals surface area contributed by atoms with Crippen molar-refractivity contribution in [1.82, 2.24) is 0 Å². The number of fused-ring (bicyclic) bond motifs is 3. The topological polar surface area (TPSA) is 43.1 Å². The number of benzene rings is 2. The van der Waals surface area contributed by atoms with Gasteiger partial charge in [0.25, 0.3) is 0 Å². The number of carbonyl (C=O) groups excluding carboxylic acids is 1. The van der Waals surface area contributed by atoms with Crippen LogP contribution in [0.3, 0.4) is 0 Å². The Morgan fingerprint density at radius 3 is 2.22 bits per heavy atom. The number of carbonyl (C=O) groups is 1. The molecule has 2 aromatic carbocycles. The Labute approximate surface area is 115 Å².